The molecule has 0 aliphatic rings. The van der Waals surface area contributed by atoms with Crippen LogP contribution in [0.25, 0.3) is 22.3 Å². The van der Waals surface area contributed by atoms with Crippen LogP contribution in [0.4, 0.5) is 5.69 Å². The molecule has 0 unspecified atom stereocenters. The van der Waals surface area contributed by atoms with Gasteiger partial charge in [0, 0.05) is 16.8 Å². The zero-order valence-corrected chi connectivity index (χ0v) is 24.3. The maximum atomic E-state index is 6.98. The molecule has 0 heterocycles. The van der Waals surface area contributed by atoms with Crippen LogP contribution in [0, 0.1) is 0 Å². The van der Waals surface area contributed by atoms with Crippen LogP contribution in [0.1, 0.15) is 105 Å². The van der Waals surface area contributed by atoms with Gasteiger partial charge < -0.3 is 5.73 Å². The van der Waals surface area contributed by atoms with Crippen LogP contribution in [0.2, 0.25) is 0 Å². The van der Waals surface area contributed by atoms with Crippen molar-refractivity contribution in [3.8, 4) is 22.3 Å². The summed E-state index contributed by atoms with van der Waals surface area (Å²) < 4.78 is 0. The lowest BCUT2D eigenvalue weighted by Crippen LogP contribution is -2.17. The van der Waals surface area contributed by atoms with Crippen LogP contribution in [0.15, 0.2) is 54.6 Å². The van der Waals surface area contributed by atoms with Crippen molar-refractivity contribution in [2.24, 2.45) is 0 Å². The van der Waals surface area contributed by atoms with Crippen LogP contribution in [-0.4, -0.2) is 0 Å². The number of hydrogen-bond acceptors (Lipinski definition) is 1. The Morgan fingerprint density at radius 3 is 0.914 bits per heavy atom. The van der Waals surface area contributed by atoms with Crippen molar-refractivity contribution in [1.82, 2.24) is 0 Å². The molecule has 0 spiro atoms. The Hall–Kier alpha value is -2.54. The van der Waals surface area contributed by atoms with Gasteiger partial charge in [0.05, 0.1) is 0 Å². The SMILES string of the molecule is CC(C)(C)c1cc(-c2cccc(-c3cc(C(C)(C)C)cc(C(C)(C)C)c3)c2N)cc(C(C)(C)C)c1. The number of anilines is 1. The molecule has 0 aliphatic carbocycles. The van der Waals surface area contributed by atoms with Crippen molar-refractivity contribution in [3.63, 3.8) is 0 Å². The van der Waals surface area contributed by atoms with E-state index in [2.05, 4.69) is 138 Å². The lowest BCUT2D eigenvalue weighted by Gasteiger charge is -2.27. The summed E-state index contributed by atoms with van der Waals surface area (Å²) in [6.45, 7) is 27.4. The third-order valence-electron chi connectivity index (χ3n) is 7.06. The minimum absolute atomic E-state index is 0.0605. The molecular weight excluding hydrogens is 422 g/mol. The first-order chi connectivity index (χ1) is 15.8. The summed E-state index contributed by atoms with van der Waals surface area (Å²) in [4.78, 5) is 0. The second-order valence-electron chi connectivity index (χ2n) is 14.4. The second kappa shape index (κ2) is 8.84. The Balaban J connectivity index is 2.29. The van der Waals surface area contributed by atoms with E-state index in [0.29, 0.717) is 0 Å². The van der Waals surface area contributed by atoms with Gasteiger partial charge in [0.2, 0.25) is 0 Å². The van der Waals surface area contributed by atoms with Gasteiger partial charge in [-0.1, -0.05) is 138 Å². The lowest BCUT2D eigenvalue weighted by molar-refractivity contribution is 0.568. The number of hydrogen-bond donors (Lipinski definition) is 1. The molecule has 0 aromatic heterocycles. The summed E-state index contributed by atoms with van der Waals surface area (Å²) in [5.41, 5.74) is 18.1. The predicted molar refractivity (Wildman–Crippen MR) is 157 cm³/mol. The van der Waals surface area contributed by atoms with E-state index in [9.17, 15) is 0 Å². The van der Waals surface area contributed by atoms with E-state index in [1.807, 2.05) is 0 Å². The Bertz CT molecular complexity index is 1060. The van der Waals surface area contributed by atoms with E-state index < -0.39 is 0 Å². The number of nitrogens with two attached hydrogens (primary N) is 1. The average molecular weight is 470 g/mol. The van der Waals surface area contributed by atoms with Gasteiger partial charge in [-0.2, -0.15) is 0 Å². The van der Waals surface area contributed by atoms with E-state index >= 15 is 0 Å². The summed E-state index contributed by atoms with van der Waals surface area (Å²) >= 11 is 0. The van der Waals surface area contributed by atoms with E-state index in [0.717, 1.165) is 16.8 Å². The number of nitrogen functional groups attached to an aromatic ring is 1. The maximum absolute atomic E-state index is 6.98. The molecule has 0 bridgehead atoms. The molecule has 3 aromatic rings. The lowest BCUT2D eigenvalue weighted by atomic mass is 9.78. The Morgan fingerprint density at radius 1 is 0.429 bits per heavy atom. The number of rotatable bonds is 2. The third-order valence-corrected chi connectivity index (χ3v) is 7.06. The van der Waals surface area contributed by atoms with Gasteiger partial charge in [-0.3, -0.25) is 0 Å². The van der Waals surface area contributed by atoms with Crippen LogP contribution in [0.5, 0.6) is 0 Å². The predicted octanol–water partition coefficient (Wildman–Crippen LogP) is 9.79. The third kappa shape index (κ3) is 6.00. The quantitative estimate of drug-likeness (QED) is 0.371. The van der Waals surface area contributed by atoms with Gasteiger partial charge in [-0.05, 0) is 55.0 Å². The van der Waals surface area contributed by atoms with Gasteiger partial charge in [0.25, 0.3) is 0 Å². The normalized spacial score (nSPS) is 13.3. The maximum Gasteiger partial charge on any atom is 0.0473 e. The Morgan fingerprint density at radius 2 is 0.686 bits per heavy atom. The monoisotopic (exact) mass is 469 g/mol. The first kappa shape index (κ1) is 27.1. The molecule has 2 N–H and O–H groups in total. The average Bonchev–Trinajstić information content (AvgIpc) is 2.70. The van der Waals surface area contributed by atoms with Crippen molar-refractivity contribution in [3.05, 3.63) is 76.9 Å². The fraction of sp³-hybridized carbons (Fsp3) is 0.471. The molecule has 3 rings (SSSR count). The van der Waals surface area contributed by atoms with Gasteiger partial charge in [0.15, 0.2) is 0 Å². The molecule has 0 atom stereocenters. The first-order valence-electron chi connectivity index (χ1n) is 13.0. The van der Waals surface area contributed by atoms with Crippen molar-refractivity contribution in [1.29, 1.82) is 0 Å². The number of para-hydroxylation sites is 1. The number of benzene rings is 3. The van der Waals surface area contributed by atoms with Gasteiger partial charge >= 0.3 is 0 Å². The molecular formula is C34H47N. The Labute approximate surface area is 215 Å². The van der Waals surface area contributed by atoms with Crippen LogP contribution in [0.3, 0.4) is 0 Å². The van der Waals surface area contributed by atoms with E-state index in [4.69, 9.17) is 5.73 Å². The fourth-order valence-corrected chi connectivity index (χ4v) is 4.37. The molecule has 3 aromatic carbocycles. The molecule has 0 radical (unpaired) electrons. The molecule has 35 heavy (non-hydrogen) atoms. The van der Waals surface area contributed by atoms with Crippen LogP contribution < -0.4 is 5.73 Å². The highest BCUT2D eigenvalue weighted by molar-refractivity contribution is 5.89. The molecule has 0 amide bonds. The topological polar surface area (TPSA) is 26.0 Å². The molecule has 0 saturated heterocycles. The fourth-order valence-electron chi connectivity index (χ4n) is 4.37. The highest BCUT2D eigenvalue weighted by Gasteiger charge is 2.24. The molecule has 0 fully saturated rings. The van der Waals surface area contributed by atoms with E-state index in [1.54, 1.807) is 0 Å². The summed E-state index contributed by atoms with van der Waals surface area (Å²) in [6.07, 6.45) is 0. The smallest absolute Gasteiger partial charge is 0.0473 e. The van der Waals surface area contributed by atoms with Crippen LogP contribution >= 0.6 is 0 Å². The standard InChI is InChI=1S/C34H47N/c1-31(2,3)24-16-22(17-25(20-24)32(4,5)6)28-14-13-15-29(30(28)35)23-18-26(33(7,8)9)21-27(19-23)34(10,11)12/h13-21H,35H2,1-12H3. The molecule has 188 valence electrons. The van der Waals surface area contributed by atoms with Gasteiger partial charge in [0.1, 0.15) is 0 Å². The van der Waals surface area contributed by atoms with E-state index in [1.165, 1.54) is 33.4 Å². The highest BCUT2D eigenvalue weighted by atomic mass is 14.6. The largest absolute Gasteiger partial charge is 0.398 e. The zero-order valence-electron chi connectivity index (χ0n) is 24.3. The first-order valence-corrected chi connectivity index (χ1v) is 13.0. The summed E-state index contributed by atoms with van der Waals surface area (Å²) in [7, 11) is 0. The zero-order chi connectivity index (χ0) is 26.6. The Kier molecular flexibility index (Phi) is 6.83. The van der Waals surface area contributed by atoms with Gasteiger partial charge in [-0.15, -0.1) is 0 Å². The van der Waals surface area contributed by atoms with Crippen molar-refractivity contribution in [2.75, 3.05) is 5.73 Å². The highest BCUT2D eigenvalue weighted by Crippen LogP contribution is 2.41. The van der Waals surface area contributed by atoms with Crippen LogP contribution in [-0.2, 0) is 21.7 Å². The van der Waals surface area contributed by atoms with Crippen molar-refractivity contribution in [2.45, 2.75) is 105 Å². The molecule has 1 heteroatoms. The second-order valence-corrected chi connectivity index (χ2v) is 14.4. The van der Waals surface area contributed by atoms with Crippen molar-refractivity contribution >= 4 is 5.69 Å². The summed E-state index contributed by atoms with van der Waals surface area (Å²) in [6, 6.07) is 20.6. The van der Waals surface area contributed by atoms with Gasteiger partial charge in [-0.25, -0.2) is 0 Å². The van der Waals surface area contributed by atoms with Crippen molar-refractivity contribution < 1.29 is 0 Å². The molecule has 1 nitrogen and oxygen atoms in total. The molecule has 0 saturated carbocycles. The summed E-state index contributed by atoms with van der Waals surface area (Å²) in [5, 5.41) is 0. The minimum atomic E-state index is 0.0605. The van der Waals surface area contributed by atoms with E-state index in [-0.39, 0.29) is 21.7 Å². The molecule has 0 aliphatic heterocycles. The minimum Gasteiger partial charge on any atom is -0.398 e. The summed E-state index contributed by atoms with van der Waals surface area (Å²) in [5.74, 6) is 0.